The fourth-order valence-electron chi connectivity index (χ4n) is 2.06. The maximum atomic E-state index is 11.9. The fraction of sp³-hybridized carbons (Fsp3) is 0.133. The van der Waals surface area contributed by atoms with Crippen molar-refractivity contribution in [3.8, 4) is 11.5 Å². The smallest absolute Gasteiger partial charge is 0.335 e. The van der Waals surface area contributed by atoms with Crippen LogP contribution in [0.15, 0.2) is 47.4 Å². The molecule has 0 aliphatic carbocycles. The number of nitrogens with zero attached hydrogens (tertiary/aromatic N) is 1. The molecule has 138 valence electrons. The van der Waals surface area contributed by atoms with Crippen LogP contribution < -0.4 is 15.2 Å². The number of rotatable bonds is 8. The van der Waals surface area contributed by atoms with Gasteiger partial charge in [0.2, 0.25) is 16.6 Å². The summed E-state index contributed by atoms with van der Waals surface area (Å²) in [6.07, 6.45) is 0. The molecule has 0 saturated heterocycles. The van der Waals surface area contributed by atoms with E-state index in [1.165, 1.54) is 0 Å². The van der Waals surface area contributed by atoms with Crippen molar-refractivity contribution in [1.29, 1.82) is 0 Å². The molecule has 26 heavy (non-hydrogen) atoms. The zero-order valence-corrected chi connectivity index (χ0v) is 14.1. The second-order valence-electron chi connectivity index (χ2n) is 5.10. The van der Waals surface area contributed by atoms with Crippen LogP contribution in [0, 0.1) is 10.1 Å². The molecule has 0 radical (unpaired) electrons. The van der Waals surface area contributed by atoms with Crippen LogP contribution >= 0.6 is 0 Å². The molecule has 2 rings (SSSR count). The molecule has 0 aliphatic rings. The fourth-order valence-corrected chi connectivity index (χ4v) is 2.76. The minimum absolute atomic E-state index is 0.0420. The molecule has 11 heteroatoms. The molecule has 0 heterocycles. The van der Waals surface area contributed by atoms with E-state index in [1.807, 2.05) is 0 Å². The van der Waals surface area contributed by atoms with Gasteiger partial charge in [-0.3, -0.25) is 10.1 Å². The molecule has 0 unspecified atom stereocenters. The number of para-hydroxylation sites is 1. The molecule has 0 amide bonds. The topological polar surface area (TPSA) is 162 Å². The monoisotopic (exact) mass is 381 g/mol. The Morgan fingerprint density at radius 3 is 2.46 bits per heavy atom. The molecule has 0 atom stereocenters. The van der Waals surface area contributed by atoms with E-state index < -0.39 is 32.4 Å². The summed E-state index contributed by atoms with van der Waals surface area (Å²) in [5.74, 6) is -1.36. The number of anilines is 1. The minimum atomic E-state index is -4.34. The predicted octanol–water partition coefficient (Wildman–Crippen LogP) is 1.51. The summed E-state index contributed by atoms with van der Waals surface area (Å²) in [5, 5.41) is 27.5. The highest BCUT2D eigenvalue weighted by atomic mass is 32.2. The van der Waals surface area contributed by atoms with Gasteiger partial charge in [-0.25, -0.2) is 18.4 Å². The summed E-state index contributed by atoms with van der Waals surface area (Å²) in [4.78, 5) is 20.6. The molecule has 0 spiro atoms. The van der Waals surface area contributed by atoms with E-state index in [0.29, 0.717) is 0 Å². The number of nitrogens with two attached hydrogens (primary N) is 1. The van der Waals surface area contributed by atoms with Crippen LogP contribution in [0.25, 0.3) is 0 Å². The summed E-state index contributed by atoms with van der Waals surface area (Å²) in [5.41, 5.74) is -0.405. The lowest BCUT2D eigenvalue weighted by Crippen LogP contribution is -2.18. The van der Waals surface area contributed by atoms with Crippen molar-refractivity contribution in [1.82, 2.24) is 0 Å². The van der Waals surface area contributed by atoms with Crippen LogP contribution in [0.2, 0.25) is 0 Å². The normalized spacial score (nSPS) is 11.0. The number of carboxylic acids is 1. The number of nitro groups is 1. The van der Waals surface area contributed by atoms with Gasteiger partial charge in [0.05, 0.1) is 17.8 Å². The minimum Gasteiger partial charge on any atom is -0.478 e. The average Bonchev–Trinajstić information content (AvgIpc) is 2.55. The standard InChI is InChI=1S/C15H15N3O7S/c16-26(23,24)13-9-10(15(19)20)8-12(17-6-7-18(21)22)14(13)25-11-4-2-1-3-5-11/h1-5,8-9,17H,6-7H2,(H,19,20)(H2,16,23,24). The van der Waals surface area contributed by atoms with Gasteiger partial charge in [0.15, 0.2) is 5.75 Å². The molecule has 0 saturated carbocycles. The highest BCUT2D eigenvalue weighted by Crippen LogP contribution is 2.37. The zero-order valence-electron chi connectivity index (χ0n) is 13.3. The Kier molecular flexibility index (Phi) is 5.75. The Bertz CT molecular complexity index is 930. The van der Waals surface area contributed by atoms with Gasteiger partial charge in [-0.1, -0.05) is 18.2 Å². The van der Waals surface area contributed by atoms with Gasteiger partial charge >= 0.3 is 5.97 Å². The van der Waals surface area contributed by atoms with E-state index in [0.717, 1.165) is 12.1 Å². The van der Waals surface area contributed by atoms with Crippen LogP contribution in [-0.2, 0) is 10.0 Å². The van der Waals surface area contributed by atoms with E-state index in [4.69, 9.17) is 9.88 Å². The molecule has 0 bridgehead atoms. The number of sulfonamides is 1. The first-order valence-corrected chi connectivity index (χ1v) is 8.76. The van der Waals surface area contributed by atoms with Crippen molar-refractivity contribution in [3.05, 3.63) is 58.1 Å². The molecular weight excluding hydrogens is 366 g/mol. The summed E-state index contributed by atoms with van der Waals surface area (Å²) in [6, 6.07) is 10.1. The van der Waals surface area contributed by atoms with Gasteiger partial charge in [0, 0.05) is 4.92 Å². The third-order valence-electron chi connectivity index (χ3n) is 3.18. The SMILES string of the molecule is NS(=O)(=O)c1cc(C(=O)O)cc(NCC[N+](=O)[O-])c1Oc1ccccc1. The number of hydrogen-bond donors (Lipinski definition) is 3. The lowest BCUT2D eigenvalue weighted by atomic mass is 10.2. The van der Waals surface area contributed by atoms with Crippen LogP contribution in [0.3, 0.4) is 0 Å². The maximum absolute atomic E-state index is 11.9. The lowest BCUT2D eigenvalue weighted by molar-refractivity contribution is -0.476. The second kappa shape index (κ2) is 7.80. The Balaban J connectivity index is 2.58. The number of primary sulfonamides is 1. The number of ether oxygens (including phenoxy) is 1. The van der Waals surface area contributed by atoms with Crippen LogP contribution in [-0.4, -0.2) is 37.5 Å². The van der Waals surface area contributed by atoms with Crippen LogP contribution in [0.5, 0.6) is 11.5 Å². The summed E-state index contributed by atoms with van der Waals surface area (Å²) in [6.45, 7) is -0.641. The molecule has 0 fully saturated rings. The largest absolute Gasteiger partial charge is 0.478 e. The van der Waals surface area contributed by atoms with E-state index in [1.54, 1.807) is 30.3 Å². The van der Waals surface area contributed by atoms with Crippen molar-refractivity contribution < 1.29 is 28.0 Å². The highest BCUT2D eigenvalue weighted by Gasteiger charge is 2.23. The quantitative estimate of drug-likeness (QED) is 0.458. The number of hydrogen-bond acceptors (Lipinski definition) is 7. The van der Waals surface area contributed by atoms with E-state index in [9.17, 15) is 28.4 Å². The maximum Gasteiger partial charge on any atom is 0.335 e. The molecule has 10 nitrogen and oxygen atoms in total. The predicted molar refractivity (Wildman–Crippen MR) is 91.6 cm³/mol. The molecule has 4 N–H and O–H groups in total. The third kappa shape index (κ3) is 4.91. The van der Waals surface area contributed by atoms with Gasteiger partial charge in [-0.2, -0.15) is 0 Å². The van der Waals surface area contributed by atoms with Crippen molar-refractivity contribution in [3.63, 3.8) is 0 Å². The highest BCUT2D eigenvalue weighted by molar-refractivity contribution is 7.89. The molecule has 2 aromatic rings. The number of nitrogens with one attached hydrogen (secondary N) is 1. The third-order valence-corrected chi connectivity index (χ3v) is 4.10. The average molecular weight is 381 g/mol. The van der Waals surface area contributed by atoms with E-state index >= 15 is 0 Å². The second-order valence-corrected chi connectivity index (χ2v) is 6.63. The number of benzene rings is 2. The van der Waals surface area contributed by atoms with Gasteiger partial charge < -0.3 is 15.2 Å². The molecule has 0 aliphatic heterocycles. The Morgan fingerprint density at radius 2 is 1.92 bits per heavy atom. The zero-order chi connectivity index (χ0) is 19.3. The van der Waals surface area contributed by atoms with Gasteiger partial charge in [0.25, 0.3) is 0 Å². The van der Waals surface area contributed by atoms with Crippen molar-refractivity contribution in [2.75, 3.05) is 18.4 Å². The van der Waals surface area contributed by atoms with E-state index in [2.05, 4.69) is 5.32 Å². The number of carboxylic acid groups (broad SMARTS) is 1. The van der Waals surface area contributed by atoms with Crippen LogP contribution in [0.1, 0.15) is 10.4 Å². The van der Waals surface area contributed by atoms with Gasteiger partial charge in [-0.05, 0) is 24.3 Å². The number of carbonyl (C=O) groups is 1. The Hall–Kier alpha value is -3.18. The molecule has 2 aromatic carbocycles. The van der Waals surface area contributed by atoms with E-state index in [-0.39, 0.29) is 29.3 Å². The van der Waals surface area contributed by atoms with Crippen molar-refractivity contribution in [2.45, 2.75) is 4.90 Å². The molecule has 0 aromatic heterocycles. The van der Waals surface area contributed by atoms with Gasteiger partial charge in [-0.15, -0.1) is 0 Å². The van der Waals surface area contributed by atoms with Crippen LogP contribution in [0.4, 0.5) is 5.69 Å². The first-order valence-electron chi connectivity index (χ1n) is 7.21. The summed E-state index contributed by atoms with van der Waals surface area (Å²) < 4.78 is 29.4. The lowest BCUT2D eigenvalue weighted by Gasteiger charge is -2.16. The summed E-state index contributed by atoms with van der Waals surface area (Å²) >= 11 is 0. The molecular formula is C15H15N3O7S. The van der Waals surface area contributed by atoms with Crippen molar-refractivity contribution in [2.24, 2.45) is 5.14 Å². The first kappa shape index (κ1) is 19.1. The van der Waals surface area contributed by atoms with Crippen molar-refractivity contribution >= 4 is 21.7 Å². The Labute approximate surface area is 148 Å². The summed E-state index contributed by atoms with van der Waals surface area (Å²) in [7, 11) is -4.34. The first-order chi connectivity index (χ1) is 12.2. The van der Waals surface area contributed by atoms with Gasteiger partial charge in [0.1, 0.15) is 10.6 Å². The Morgan fingerprint density at radius 1 is 1.27 bits per heavy atom. The number of aromatic carboxylic acids is 1.